The molecule has 0 bridgehead atoms. The van der Waals surface area contributed by atoms with Crippen LogP contribution in [0.5, 0.6) is 0 Å². The number of nitrogens with one attached hydrogen (secondary N) is 1. The summed E-state index contributed by atoms with van der Waals surface area (Å²) in [5.41, 5.74) is 2.35. The third kappa shape index (κ3) is 1.43. The molecule has 0 fully saturated rings. The van der Waals surface area contributed by atoms with Crippen LogP contribution in [-0.4, -0.2) is 4.98 Å². The number of aromatic amines is 1. The highest BCUT2D eigenvalue weighted by molar-refractivity contribution is 9.10. The minimum absolute atomic E-state index is 1.11. The fourth-order valence-electron chi connectivity index (χ4n) is 1.17. The van der Waals surface area contributed by atoms with E-state index in [1.807, 2.05) is 24.4 Å². The predicted octanol–water partition coefficient (Wildman–Crippen LogP) is 3.44. The molecule has 1 nitrogen and oxygen atoms in total. The second kappa shape index (κ2) is 3.15. The number of aromatic nitrogens is 1. The fraction of sp³-hybridized carbons (Fsp3) is 0. The van der Waals surface area contributed by atoms with Gasteiger partial charge in [0.2, 0.25) is 0 Å². The first kappa shape index (κ1) is 7.62. The molecule has 0 aliphatic carbocycles. The summed E-state index contributed by atoms with van der Waals surface area (Å²) in [5.74, 6) is 0. The van der Waals surface area contributed by atoms with Crippen LogP contribution in [0.25, 0.3) is 11.3 Å². The van der Waals surface area contributed by atoms with Crippen LogP contribution in [-0.2, 0) is 0 Å². The van der Waals surface area contributed by atoms with Crippen LogP contribution in [0.3, 0.4) is 0 Å². The Morgan fingerprint density at radius 2 is 2.00 bits per heavy atom. The molecule has 60 valence electrons. The van der Waals surface area contributed by atoms with Crippen molar-refractivity contribution in [1.82, 2.24) is 4.98 Å². The first-order valence-corrected chi connectivity index (χ1v) is 4.55. The molecular formula is C10H8BrN. The van der Waals surface area contributed by atoms with Gasteiger partial charge in [-0.25, -0.2) is 0 Å². The zero-order chi connectivity index (χ0) is 8.39. The van der Waals surface area contributed by atoms with E-state index < -0.39 is 0 Å². The minimum atomic E-state index is 1.11. The van der Waals surface area contributed by atoms with Crippen LogP contribution in [0, 0.1) is 0 Å². The predicted molar refractivity (Wildman–Crippen MR) is 53.9 cm³/mol. The van der Waals surface area contributed by atoms with Gasteiger partial charge in [0.05, 0.1) is 0 Å². The maximum absolute atomic E-state index is 3.43. The van der Waals surface area contributed by atoms with Gasteiger partial charge in [0.25, 0.3) is 0 Å². The van der Waals surface area contributed by atoms with E-state index in [1.165, 1.54) is 5.56 Å². The zero-order valence-corrected chi connectivity index (χ0v) is 8.01. The molecule has 0 radical (unpaired) electrons. The van der Waals surface area contributed by atoms with Crippen molar-refractivity contribution in [3.8, 4) is 11.3 Å². The molecule has 2 heteroatoms. The summed E-state index contributed by atoms with van der Waals surface area (Å²) in [6.45, 7) is 0. The van der Waals surface area contributed by atoms with E-state index in [9.17, 15) is 0 Å². The van der Waals surface area contributed by atoms with Gasteiger partial charge >= 0.3 is 0 Å². The Morgan fingerprint density at radius 1 is 1.08 bits per heavy atom. The van der Waals surface area contributed by atoms with Crippen molar-refractivity contribution in [2.75, 3.05) is 0 Å². The molecule has 0 aliphatic heterocycles. The van der Waals surface area contributed by atoms with E-state index in [1.54, 1.807) is 0 Å². The van der Waals surface area contributed by atoms with E-state index in [0.29, 0.717) is 0 Å². The van der Waals surface area contributed by atoms with Crippen LogP contribution in [0.4, 0.5) is 0 Å². The van der Waals surface area contributed by atoms with E-state index in [4.69, 9.17) is 0 Å². The van der Waals surface area contributed by atoms with Gasteiger partial charge in [0, 0.05) is 16.4 Å². The van der Waals surface area contributed by atoms with Crippen molar-refractivity contribution >= 4 is 15.9 Å². The van der Waals surface area contributed by atoms with Gasteiger partial charge in [0.15, 0.2) is 0 Å². The molecule has 0 atom stereocenters. The third-order valence-corrected chi connectivity index (χ3v) is 2.23. The van der Waals surface area contributed by atoms with Gasteiger partial charge in [-0.1, -0.05) is 28.1 Å². The maximum Gasteiger partial charge on any atom is 0.0454 e. The Labute approximate surface area is 79.6 Å². The van der Waals surface area contributed by atoms with Crippen molar-refractivity contribution < 1.29 is 0 Å². The quantitative estimate of drug-likeness (QED) is 0.760. The first-order valence-electron chi connectivity index (χ1n) is 3.75. The van der Waals surface area contributed by atoms with Gasteiger partial charge in [0.1, 0.15) is 0 Å². The molecular weight excluding hydrogens is 214 g/mol. The molecule has 0 saturated heterocycles. The molecule has 0 unspecified atom stereocenters. The van der Waals surface area contributed by atoms with Crippen molar-refractivity contribution in [3.05, 3.63) is 47.1 Å². The lowest BCUT2D eigenvalue weighted by Crippen LogP contribution is -1.75. The number of benzene rings is 1. The summed E-state index contributed by atoms with van der Waals surface area (Å²) >= 11 is 3.43. The monoisotopic (exact) mass is 221 g/mol. The minimum Gasteiger partial charge on any atom is -0.361 e. The number of H-pyrrole nitrogens is 1. The van der Waals surface area contributed by atoms with Crippen LogP contribution >= 0.6 is 15.9 Å². The summed E-state index contributed by atoms with van der Waals surface area (Å²) in [5, 5.41) is 0. The lowest BCUT2D eigenvalue weighted by atomic mass is 10.2. The molecule has 1 aromatic heterocycles. The van der Waals surface area contributed by atoms with Crippen molar-refractivity contribution in [2.24, 2.45) is 0 Å². The smallest absolute Gasteiger partial charge is 0.0454 e. The molecule has 2 rings (SSSR count). The fourth-order valence-corrected chi connectivity index (χ4v) is 1.57. The van der Waals surface area contributed by atoms with E-state index in [-0.39, 0.29) is 0 Å². The van der Waals surface area contributed by atoms with Gasteiger partial charge in [-0.05, 0) is 29.8 Å². The van der Waals surface area contributed by atoms with Crippen molar-refractivity contribution in [2.45, 2.75) is 0 Å². The van der Waals surface area contributed by atoms with E-state index in [0.717, 1.165) is 10.2 Å². The normalized spacial score (nSPS) is 10.1. The van der Waals surface area contributed by atoms with Crippen LogP contribution in [0.15, 0.2) is 47.1 Å². The lowest BCUT2D eigenvalue weighted by molar-refractivity contribution is 1.40. The van der Waals surface area contributed by atoms with Crippen LogP contribution in [0.2, 0.25) is 0 Å². The summed E-state index contributed by atoms with van der Waals surface area (Å²) in [7, 11) is 0. The van der Waals surface area contributed by atoms with Crippen LogP contribution < -0.4 is 0 Å². The molecule has 2 aromatic rings. The second-order valence-electron chi connectivity index (χ2n) is 2.59. The van der Waals surface area contributed by atoms with E-state index >= 15 is 0 Å². The average Bonchev–Trinajstić information content (AvgIpc) is 2.56. The number of rotatable bonds is 1. The van der Waals surface area contributed by atoms with E-state index in [2.05, 4.69) is 39.1 Å². The highest BCUT2D eigenvalue weighted by Crippen LogP contribution is 2.20. The highest BCUT2D eigenvalue weighted by Gasteiger charge is 1.96. The summed E-state index contributed by atoms with van der Waals surface area (Å²) in [4.78, 5) is 3.16. The molecule has 1 aromatic carbocycles. The topological polar surface area (TPSA) is 15.8 Å². The molecule has 1 N–H and O–H groups in total. The second-order valence-corrected chi connectivity index (χ2v) is 3.51. The molecule has 0 amide bonds. The van der Waals surface area contributed by atoms with Gasteiger partial charge in [-0.3, -0.25) is 0 Å². The Hall–Kier alpha value is -1.02. The molecule has 0 aliphatic rings. The zero-order valence-electron chi connectivity index (χ0n) is 6.42. The van der Waals surface area contributed by atoms with Crippen molar-refractivity contribution in [3.63, 3.8) is 0 Å². The Balaban J connectivity index is 2.48. The SMILES string of the molecule is Brc1cccc(-c2ccc[nH]2)c1. The van der Waals surface area contributed by atoms with Gasteiger partial charge in [-0.15, -0.1) is 0 Å². The Kier molecular flexibility index (Phi) is 2.00. The third-order valence-electron chi connectivity index (χ3n) is 1.73. The molecule has 0 saturated carbocycles. The largest absolute Gasteiger partial charge is 0.361 e. The number of halogens is 1. The summed E-state index contributed by atoms with van der Waals surface area (Å²) in [6.07, 6.45) is 1.93. The molecule has 0 spiro atoms. The van der Waals surface area contributed by atoms with Crippen molar-refractivity contribution in [1.29, 1.82) is 0 Å². The number of hydrogen-bond acceptors (Lipinski definition) is 0. The Morgan fingerprint density at radius 3 is 2.67 bits per heavy atom. The van der Waals surface area contributed by atoms with Gasteiger partial charge in [-0.2, -0.15) is 0 Å². The summed E-state index contributed by atoms with van der Waals surface area (Å²) < 4.78 is 1.11. The lowest BCUT2D eigenvalue weighted by Gasteiger charge is -1.97. The Bertz CT molecular complexity index is 365. The highest BCUT2D eigenvalue weighted by atomic mass is 79.9. The number of hydrogen-bond donors (Lipinski definition) is 1. The van der Waals surface area contributed by atoms with Crippen LogP contribution in [0.1, 0.15) is 0 Å². The first-order chi connectivity index (χ1) is 5.86. The molecule has 12 heavy (non-hydrogen) atoms. The molecule has 1 heterocycles. The maximum atomic E-state index is 3.43. The average molecular weight is 222 g/mol. The standard InChI is InChI=1S/C10H8BrN/c11-9-4-1-3-8(7-9)10-5-2-6-12-10/h1-7,12H. The summed E-state index contributed by atoms with van der Waals surface area (Å²) in [6, 6.07) is 12.3. The van der Waals surface area contributed by atoms with Gasteiger partial charge < -0.3 is 4.98 Å².